The first-order chi connectivity index (χ1) is 17.6. The van der Waals surface area contributed by atoms with E-state index in [2.05, 4.69) is 10.2 Å². The van der Waals surface area contributed by atoms with Gasteiger partial charge >= 0.3 is 0 Å². The van der Waals surface area contributed by atoms with Crippen LogP contribution in [0.2, 0.25) is 0 Å². The quantitative estimate of drug-likeness (QED) is 0.219. The molecule has 1 N–H and O–H groups in total. The Labute approximate surface area is 211 Å². The van der Waals surface area contributed by atoms with Crippen LogP contribution in [0, 0.1) is 0 Å². The summed E-state index contributed by atoms with van der Waals surface area (Å²) in [5, 5.41) is 20.7. The predicted molar refractivity (Wildman–Crippen MR) is 141 cm³/mol. The minimum atomic E-state index is -0.427. The molecule has 4 aromatic carbocycles. The third-order valence-corrected chi connectivity index (χ3v) is 6.45. The number of amides is 2. The standard InChI is InChI=1S/C28H21N3O4S/c32-25-14-13-21(29-30-24-12-6-8-19-7-4-5-11-23(19)24)17-20(25)18-26-27(33)31(28(34)36-26)15-16-35-22-9-2-1-3-10-22/h1-14,17-18,32H,15-16H2/b26-18-,30-29?. The van der Waals surface area contributed by atoms with Crippen molar-refractivity contribution in [2.45, 2.75) is 0 Å². The minimum absolute atomic E-state index is 0.0293. The molecule has 2 amide bonds. The summed E-state index contributed by atoms with van der Waals surface area (Å²) in [6, 6.07) is 27.6. The van der Waals surface area contributed by atoms with Crippen molar-refractivity contribution >= 4 is 51.1 Å². The number of imide groups is 1. The molecule has 0 bridgehead atoms. The van der Waals surface area contributed by atoms with Gasteiger partial charge in [0.1, 0.15) is 18.1 Å². The summed E-state index contributed by atoms with van der Waals surface area (Å²) in [6.45, 7) is 0.312. The summed E-state index contributed by atoms with van der Waals surface area (Å²) in [7, 11) is 0. The fourth-order valence-electron chi connectivity index (χ4n) is 3.73. The van der Waals surface area contributed by atoms with Crippen LogP contribution in [0.1, 0.15) is 5.56 Å². The van der Waals surface area contributed by atoms with Crippen molar-refractivity contribution < 1.29 is 19.4 Å². The molecule has 0 spiro atoms. The molecule has 0 aromatic heterocycles. The summed E-state index contributed by atoms with van der Waals surface area (Å²) in [5.74, 6) is 0.210. The van der Waals surface area contributed by atoms with Gasteiger partial charge < -0.3 is 9.84 Å². The fraction of sp³-hybridized carbons (Fsp3) is 0.0714. The number of hydrogen-bond donors (Lipinski definition) is 1. The Morgan fingerprint density at radius 3 is 2.53 bits per heavy atom. The first-order valence-corrected chi connectivity index (χ1v) is 12.1. The lowest BCUT2D eigenvalue weighted by molar-refractivity contribution is -0.123. The lowest BCUT2D eigenvalue weighted by Gasteiger charge is -2.13. The number of carbonyl (C=O) groups is 2. The van der Waals surface area contributed by atoms with Crippen molar-refractivity contribution in [1.29, 1.82) is 0 Å². The highest BCUT2D eigenvalue weighted by atomic mass is 32.2. The zero-order valence-electron chi connectivity index (χ0n) is 19.1. The first kappa shape index (κ1) is 23.3. The highest BCUT2D eigenvalue weighted by molar-refractivity contribution is 8.18. The number of carbonyl (C=O) groups excluding carboxylic acids is 2. The van der Waals surface area contributed by atoms with Crippen molar-refractivity contribution in [3.8, 4) is 11.5 Å². The highest BCUT2D eigenvalue weighted by Gasteiger charge is 2.35. The predicted octanol–water partition coefficient (Wildman–Crippen LogP) is 7.08. The number of benzene rings is 4. The average Bonchev–Trinajstić information content (AvgIpc) is 3.17. The molecule has 0 aliphatic carbocycles. The molecule has 178 valence electrons. The van der Waals surface area contributed by atoms with Gasteiger partial charge in [-0.15, -0.1) is 5.11 Å². The Morgan fingerprint density at radius 1 is 0.889 bits per heavy atom. The van der Waals surface area contributed by atoms with E-state index >= 15 is 0 Å². The van der Waals surface area contributed by atoms with Gasteiger partial charge in [-0.25, -0.2) is 0 Å². The SMILES string of the molecule is O=C1S/C(=C\c2cc(N=Nc3cccc4ccccc34)ccc2O)C(=O)N1CCOc1ccccc1. The summed E-state index contributed by atoms with van der Waals surface area (Å²) in [4.78, 5) is 26.6. The summed E-state index contributed by atoms with van der Waals surface area (Å²) in [6.07, 6.45) is 1.50. The van der Waals surface area contributed by atoms with Crippen LogP contribution in [-0.4, -0.2) is 34.3 Å². The van der Waals surface area contributed by atoms with Gasteiger partial charge in [0.2, 0.25) is 0 Å². The molecule has 1 aliphatic heterocycles. The molecule has 5 rings (SSSR count). The van der Waals surface area contributed by atoms with Crippen molar-refractivity contribution in [3.63, 3.8) is 0 Å². The maximum Gasteiger partial charge on any atom is 0.293 e. The van der Waals surface area contributed by atoms with E-state index in [-0.39, 0.29) is 29.0 Å². The third-order valence-electron chi connectivity index (χ3n) is 5.54. The number of para-hydroxylation sites is 1. The van der Waals surface area contributed by atoms with Gasteiger partial charge in [0, 0.05) is 10.9 Å². The van der Waals surface area contributed by atoms with E-state index in [0.717, 1.165) is 33.1 Å². The Hall–Kier alpha value is -4.43. The number of phenols is 1. The van der Waals surface area contributed by atoms with Gasteiger partial charge in [-0.1, -0.05) is 54.6 Å². The van der Waals surface area contributed by atoms with Gasteiger partial charge in [0.25, 0.3) is 11.1 Å². The van der Waals surface area contributed by atoms with Crippen LogP contribution in [-0.2, 0) is 4.79 Å². The molecule has 0 radical (unpaired) electrons. The monoisotopic (exact) mass is 495 g/mol. The van der Waals surface area contributed by atoms with E-state index in [1.807, 2.05) is 60.7 Å². The van der Waals surface area contributed by atoms with Crippen molar-refractivity contribution in [1.82, 2.24) is 4.90 Å². The number of thioether (sulfide) groups is 1. The van der Waals surface area contributed by atoms with Crippen molar-refractivity contribution in [3.05, 3.63) is 101 Å². The van der Waals surface area contributed by atoms with Crippen LogP contribution in [0.25, 0.3) is 16.8 Å². The van der Waals surface area contributed by atoms with E-state index in [0.29, 0.717) is 17.0 Å². The van der Waals surface area contributed by atoms with E-state index in [1.54, 1.807) is 24.3 Å². The molecule has 0 saturated carbocycles. The first-order valence-electron chi connectivity index (χ1n) is 11.2. The number of ether oxygens (including phenoxy) is 1. The van der Waals surface area contributed by atoms with Crippen LogP contribution in [0.3, 0.4) is 0 Å². The second-order valence-electron chi connectivity index (χ2n) is 7.94. The van der Waals surface area contributed by atoms with Crippen molar-refractivity contribution in [2.24, 2.45) is 10.2 Å². The number of azo groups is 1. The number of hydrogen-bond acceptors (Lipinski definition) is 7. The molecule has 7 nitrogen and oxygen atoms in total. The van der Waals surface area contributed by atoms with Gasteiger partial charge in [-0.2, -0.15) is 5.11 Å². The Kier molecular flexibility index (Phi) is 6.77. The maximum absolute atomic E-state index is 12.8. The van der Waals surface area contributed by atoms with E-state index in [9.17, 15) is 14.7 Å². The number of rotatable bonds is 7. The Balaban J connectivity index is 1.31. The van der Waals surface area contributed by atoms with E-state index < -0.39 is 5.91 Å². The minimum Gasteiger partial charge on any atom is -0.507 e. The normalized spacial score (nSPS) is 14.9. The second kappa shape index (κ2) is 10.5. The summed E-state index contributed by atoms with van der Waals surface area (Å²) >= 11 is 0.827. The molecular formula is C28H21N3O4S. The lowest BCUT2D eigenvalue weighted by Crippen LogP contribution is -2.32. The Morgan fingerprint density at radius 2 is 1.67 bits per heavy atom. The number of phenolic OH excluding ortho intramolecular Hbond substituents is 1. The second-order valence-corrected chi connectivity index (χ2v) is 8.93. The molecule has 1 aliphatic rings. The molecule has 1 heterocycles. The topological polar surface area (TPSA) is 91.6 Å². The molecular weight excluding hydrogens is 474 g/mol. The van der Waals surface area contributed by atoms with E-state index in [4.69, 9.17) is 4.74 Å². The van der Waals surface area contributed by atoms with Gasteiger partial charge in [-0.3, -0.25) is 14.5 Å². The van der Waals surface area contributed by atoms with Gasteiger partial charge in [-0.05, 0) is 59.6 Å². The van der Waals surface area contributed by atoms with Crippen LogP contribution >= 0.6 is 11.8 Å². The van der Waals surface area contributed by atoms with Crippen LogP contribution in [0.15, 0.2) is 106 Å². The number of aromatic hydroxyl groups is 1. The summed E-state index contributed by atoms with van der Waals surface area (Å²) < 4.78 is 5.61. The van der Waals surface area contributed by atoms with Gasteiger partial charge in [0.05, 0.1) is 22.8 Å². The van der Waals surface area contributed by atoms with Crippen LogP contribution in [0.4, 0.5) is 16.2 Å². The fourth-order valence-corrected chi connectivity index (χ4v) is 4.59. The molecule has 0 unspecified atom stereocenters. The maximum atomic E-state index is 12.8. The highest BCUT2D eigenvalue weighted by Crippen LogP contribution is 2.35. The third kappa shape index (κ3) is 5.13. The smallest absolute Gasteiger partial charge is 0.293 e. The molecule has 1 fully saturated rings. The molecule has 4 aromatic rings. The Bertz CT molecular complexity index is 1500. The lowest BCUT2D eigenvalue weighted by atomic mass is 10.1. The molecule has 0 atom stereocenters. The van der Waals surface area contributed by atoms with E-state index in [1.165, 1.54) is 12.1 Å². The number of fused-ring (bicyclic) bond motifs is 1. The summed E-state index contributed by atoms with van der Waals surface area (Å²) in [5.41, 5.74) is 1.60. The van der Waals surface area contributed by atoms with Gasteiger partial charge in [0.15, 0.2) is 0 Å². The molecule has 8 heteroatoms. The zero-order chi connectivity index (χ0) is 24.9. The van der Waals surface area contributed by atoms with Crippen molar-refractivity contribution in [2.75, 3.05) is 13.2 Å². The average molecular weight is 496 g/mol. The van der Waals surface area contributed by atoms with Crippen LogP contribution < -0.4 is 4.74 Å². The van der Waals surface area contributed by atoms with Crippen LogP contribution in [0.5, 0.6) is 11.5 Å². The molecule has 1 saturated heterocycles. The number of nitrogens with zero attached hydrogens (tertiary/aromatic N) is 3. The zero-order valence-corrected chi connectivity index (χ0v) is 19.9. The largest absolute Gasteiger partial charge is 0.507 e. The molecule has 36 heavy (non-hydrogen) atoms.